The van der Waals surface area contributed by atoms with E-state index in [9.17, 15) is 24.4 Å². The van der Waals surface area contributed by atoms with Crippen LogP contribution in [0.25, 0.3) is 0 Å². The van der Waals surface area contributed by atoms with Gasteiger partial charge in [-0.2, -0.15) is 0 Å². The van der Waals surface area contributed by atoms with Crippen molar-refractivity contribution in [3.63, 3.8) is 0 Å². The summed E-state index contributed by atoms with van der Waals surface area (Å²) in [5.41, 5.74) is 0.476. The first-order valence-corrected chi connectivity index (χ1v) is 12.0. The van der Waals surface area contributed by atoms with Crippen molar-refractivity contribution in [1.82, 2.24) is 14.1 Å². The van der Waals surface area contributed by atoms with E-state index >= 15 is 0 Å². The predicted molar refractivity (Wildman–Crippen MR) is 122 cm³/mol. The number of para-hydroxylation sites is 1. The molecular weight excluding hydrogens is 483 g/mol. The van der Waals surface area contributed by atoms with Crippen LogP contribution in [-0.4, -0.2) is 59.0 Å². The Morgan fingerprint density at radius 2 is 1.80 bits per heavy atom. The Morgan fingerprint density at radius 3 is 2.51 bits per heavy atom. The summed E-state index contributed by atoms with van der Waals surface area (Å²) in [6, 6.07) is 13.9. The Labute approximate surface area is 198 Å². The largest absolute Gasteiger partial charge is 0.469 e. The summed E-state index contributed by atoms with van der Waals surface area (Å²) >= 11 is 0. The molecule has 5 N–H and O–H groups in total. The van der Waals surface area contributed by atoms with Gasteiger partial charge in [-0.1, -0.05) is 18.2 Å². The van der Waals surface area contributed by atoms with E-state index in [0.717, 1.165) is 27.1 Å². The topological polar surface area (TPSA) is 185 Å². The molecule has 1 saturated heterocycles. The maximum atomic E-state index is 13.1. The summed E-state index contributed by atoms with van der Waals surface area (Å²) in [5, 5.41) is 23.7. The number of anilines is 2. The van der Waals surface area contributed by atoms with Crippen molar-refractivity contribution in [3.8, 4) is 0 Å². The molecule has 0 spiro atoms. The van der Waals surface area contributed by atoms with Gasteiger partial charge >= 0.3 is 13.5 Å². The Bertz CT molecular complexity index is 1340. The second-order valence-electron chi connectivity index (χ2n) is 7.79. The van der Waals surface area contributed by atoms with Gasteiger partial charge < -0.3 is 30.1 Å². The van der Waals surface area contributed by atoms with Gasteiger partial charge in [0.2, 0.25) is 0 Å². The number of aliphatic hydroxyl groups is 2. The van der Waals surface area contributed by atoms with Crippen molar-refractivity contribution in [3.05, 3.63) is 87.5 Å². The van der Waals surface area contributed by atoms with Crippen LogP contribution in [-0.2, 0) is 20.4 Å². The van der Waals surface area contributed by atoms with Crippen LogP contribution in [0.4, 0.5) is 11.4 Å². The Balaban J connectivity index is 1.56. The van der Waals surface area contributed by atoms with Gasteiger partial charge in [0.15, 0.2) is 6.23 Å². The first kappa shape index (κ1) is 24.9. The molecule has 1 aliphatic rings. The molecule has 186 valence electrons. The van der Waals surface area contributed by atoms with Crippen LogP contribution in [0.3, 0.4) is 0 Å². The molecule has 1 fully saturated rings. The number of phosphoric acid groups is 1. The smallest absolute Gasteiger partial charge is 0.387 e. The van der Waals surface area contributed by atoms with Crippen LogP contribution in [0.2, 0.25) is 0 Å². The molecule has 0 amide bonds. The van der Waals surface area contributed by atoms with Gasteiger partial charge in [-0.15, -0.1) is 0 Å². The fraction of sp³-hybridized carbons (Fsp3) is 0.286. The number of aromatic nitrogens is 3. The molecule has 1 aliphatic heterocycles. The maximum Gasteiger partial charge on any atom is 0.469 e. The normalized spacial score (nSPS) is 22.3. The minimum absolute atomic E-state index is 0.182. The number of rotatable bonds is 8. The van der Waals surface area contributed by atoms with Crippen molar-refractivity contribution >= 4 is 19.2 Å². The molecule has 4 atom stereocenters. The predicted octanol–water partition coefficient (Wildman–Crippen LogP) is -0.0746. The van der Waals surface area contributed by atoms with E-state index in [0.29, 0.717) is 11.4 Å². The lowest BCUT2D eigenvalue weighted by Gasteiger charge is -2.19. The number of nitrogens with zero attached hydrogens (tertiary/aromatic N) is 3. The summed E-state index contributed by atoms with van der Waals surface area (Å²) in [5.74, 6) is 0. The van der Waals surface area contributed by atoms with E-state index in [1.807, 2.05) is 30.3 Å². The van der Waals surface area contributed by atoms with E-state index in [2.05, 4.69) is 14.8 Å². The molecule has 2 aromatic heterocycles. The summed E-state index contributed by atoms with van der Waals surface area (Å²) in [6.45, 7) is -0.905. The first-order chi connectivity index (χ1) is 16.6. The summed E-state index contributed by atoms with van der Waals surface area (Å²) in [4.78, 5) is 47.5. The number of hydrogen-bond donors (Lipinski definition) is 5. The Hall–Kier alpha value is -3.16. The van der Waals surface area contributed by atoms with Gasteiger partial charge in [-0.3, -0.25) is 23.4 Å². The third kappa shape index (κ3) is 5.92. The third-order valence-electron chi connectivity index (χ3n) is 5.31. The molecule has 0 saturated carbocycles. The number of ether oxygens (including phenoxy) is 1. The molecule has 3 aromatic rings. The number of phosphoric ester groups is 1. The van der Waals surface area contributed by atoms with E-state index in [4.69, 9.17) is 14.5 Å². The zero-order valence-electron chi connectivity index (χ0n) is 18.1. The molecule has 4 rings (SSSR count). The molecule has 14 heteroatoms. The van der Waals surface area contributed by atoms with Crippen molar-refractivity contribution in [2.75, 3.05) is 11.9 Å². The van der Waals surface area contributed by atoms with Gasteiger partial charge in [-0.25, -0.2) is 9.36 Å². The molecule has 0 radical (unpaired) electrons. The average Bonchev–Trinajstić information content (AvgIpc) is 3.09. The molecule has 1 aromatic carbocycles. The average molecular weight is 506 g/mol. The molecule has 13 nitrogen and oxygen atoms in total. The van der Waals surface area contributed by atoms with Gasteiger partial charge in [0.25, 0.3) is 5.56 Å². The Morgan fingerprint density at radius 1 is 1.06 bits per heavy atom. The van der Waals surface area contributed by atoms with E-state index in [1.54, 1.807) is 12.1 Å². The van der Waals surface area contributed by atoms with E-state index in [-0.39, 0.29) is 6.54 Å². The highest BCUT2D eigenvalue weighted by Gasteiger charge is 2.45. The molecule has 3 heterocycles. The zero-order chi connectivity index (χ0) is 25.2. The second-order valence-corrected chi connectivity index (χ2v) is 9.03. The lowest BCUT2D eigenvalue weighted by atomic mass is 10.1. The fourth-order valence-corrected chi connectivity index (χ4v) is 3.97. The van der Waals surface area contributed by atoms with Crippen LogP contribution in [0.15, 0.2) is 70.5 Å². The summed E-state index contributed by atoms with van der Waals surface area (Å²) in [6.07, 6.45) is -3.33. The van der Waals surface area contributed by atoms with Gasteiger partial charge in [-0.05, 0) is 24.3 Å². The van der Waals surface area contributed by atoms with Crippen molar-refractivity contribution in [2.45, 2.75) is 31.1 Å². The van der Waals surface area contributed by atoms with Crippen LogP contribution < -0.4 is 16.6 Å². The second kappa shape index (κ2) is 10.2. The van der Waals surface area contributed by atoms with Crippen molar-refractivity contribution < 1.29 is 33.8 Å². The lowest BCUT2D eigenvalue weighted by molar-refractivity contribution is -0.0548. The monoisotopic (exact) mass is 506 g/mol. The maximum absolute atomic E-state index is 13.1. The van der Waals surface area contributed by atoms with Gasteiger partial charge in [0, 0.05) is 29.8 Å². The van der Waals surface area contributed by atoms with Crippen LogP contribution in [0, 0.1) is 0 Å². The SMILES string of the molecule is O=c1ccn([C@@H]2O[C@H](COP(=O)(O)O)C(O)C2O)c(=O)n1Cc1cc(Nc2ccccc2)ccn1. The lowest BCUT2D eigenvalue weighted by Crippen LogP contribution is -2.43. The molecule has 0 aliphatic carbocycles. The standard InChI is InChI=1S/C21H23N4O9P/c26-17-7-9-24(20-19(28)18(27)16(34-20)12-33-35(30,31)32)21(29)25(17)11-15-10-14(6-8-22-15)23-13-4-2-1-3-5-13/h1-10,16,18-20,27-28H,11-12H2,(H,22,23)(H2,30,31,32)/t16-,18?,19?,20-/m1/s1. The van der Waals surface area contributed by atoms with Crippen molar-refractivity contribution in [1.29, 1.82) is 0 Å². The van der Waals surface area contributed by atoms with E-state index < -0.39 is 50.2 Å². The van der Waals surface area contributed by atoms with Crippen molar-refractivity contribution in [2.24, 2.45) is 0 Å². The number of benzene rings is 1. The number of pyridine rings is 1. The Kier molecular flexibility index (Phi) is 7.28. The quantitative estimate of drug-likeness (QED) is 0.258. The fourth-order valence-electron chi connectivity index (χ4n) is 3.63. The molecule has 0 bridgehead atoms. The highest BCUT2D eigenvalue weighted by molar-refractivity contribution is 7.46. The van der Waals surface area contributed by atoms with Crippen LogP contribution in [0.5, 0.6) is 0 Å². The zero-order valence-corrected chi connectivity index (χ0v) is 19.0. The minimum Gasteiger partial charge on any atom is -0.387 e. The minimum atomic E-state index is -4.84. The highest BCUT2D eigenvalue weighted by Crippen LogP contribution is 2.38. The third-order valence-corrected chi connectivity index (χ3v) is 5.80. The van der Waals surface area contributed by atoms with Crippen LogP contribution >= 0.6 is 7.82 Å². The summed E-state index contributed by atoms with van der Waals surface area (Å²) < 4.78 is 22.5. The van der Waals surface area contributed by atoms with Crippen LogP contribution in [0.1, 0.15) is 11.9 Å². The number of nitrogens with one attached hydrogen (secondary N) is 1. The number of aliphatic hydroxyl groups excluding tert-OH is 2. The van der Waals surface area contributed by atoms with E-state index in [1.165, 1.54) is 6.20 Å². The number of hydrogen-bond acceptors (Lipinski definition) is 9. The molecule has 2 unspecified atom stereocenters. The molecular formula is C21H23N4O9P. The highest BCUT2D eigenvalue weighted by atomic mass is 31.2. The van der Waals surface area contributed by atoms with Gasteiger partial charge in [0.1, 0.15) is 18.3 Å². The first-order valence-electron chi connectivity index (χ1n) is 10.4. The molecule has 35 heavy (non-hydrogen) atoms. The van der Waals surface area contributed by atoms with Gasteiger partial charge in [0.05, 0.1) is 18.8 Å². The summed E-state index contributed by atoms with van der Waals surface area (Å²) in [7, 11) is -4.84.